The highest BCUT2D eigenvalue weighted by Gasteiger charge is 2.15. The lowest BCUT2D eigenvalue weighted by atomic mass is 10.1. The van der Waals surface area contributed by atoms with Gasteiger partial charge >= 0.3 is 0 Å². The molecule has 1 N–H and O–H groups in total. The summed E-state index contributed by atoms with van der Waals surface area (Å²) in [5.41, 5.74) is 1.08. The lowest BCUT2D eigenvalue weighted by molar-refractivity contribution is 0.404. The van der Waals surface area contributed by atoms with Crippen molar-refractivity contribution in [3.05, 3.63) is 59.9 Å². The Hall–Kier alpha value is -1.52. The Bertz CT molecular complexity index is 562. The Labute approximate surface area is 123 Å². The Balaban J connectivity index is 2.11. The van der Waals surface area contributed by atoms with Crippen molar-refractivity contribution in [3.63, 3.8) is 0 Å². The van der Waals surface area contributed by atoms with E-state index in [1.165, 1.54) is 17.8 Å². The molecule has 106 valence electrons. The fraction of sp³-hybridized carbons (Fsp3) is 0.250. The standard InChI is InChI=1S/C16H18FNOS/c1-18-14(12-7-3-5-9-15(12)19-2)11-20-16-10-6-4-8-13(16)17/h3-10,14,18H,11H2,1-2H3. The Morgan fingerprint density at radius 2 is 1.85 bits per heavy atom. The molecule has 0 aromatic heterocycles. The quantitative estimate of drug-likeness (QED) is 0.816. The van der Waals surface area contributed by atoms with Crippen molar-refractivity contribution in [2.45, 2.75) is 10.9 Å². The van der Waals surface area contributed by atoms with Crippen LogP contribution in [-0.4, -0.2) is 19.9 Å². The lowest BCUT2D eigenvalue weighted by Gasteiger charge is -2.19. The maximum absolute atomic E-state index is 13.6. The highest BCUT2D eigenvalue weighted by molar-refractivity contribution is 7.99. The van der Waals surface area contributed by atoms with Crippen LogP contribution < -0.4 is 10.1 Å². The molecule has 0 radical (unpaired) electrons. The average molecular weight is 291 g/mol. The summed E-state index contributed by atoms with van der Waals surface area (Å²) >= 11 is 1.50. The molecule has 2 aromatic carbocycles. The van der Waals surface area contributed by atoms with Crippen LogP contribution in [0.4, 0.5) is 4.39 Å². The van der Waals surface area contributed by atoms with Gasteiger partial charge in [0.05, 0.1) is 7.11 Å². The second-order valence-electron chi connectivity index (χ2n) is 4.32. The van der Waals surface area contributed by atoms with E-state index in [4.69, 9.17) is 4.74 Å². The Morgan fingerprint density at radius 1 is 1.15 bits per heavy atom. The van der Waals surface area contributed by atoms with E-state index in [1.54, 1.807) is 19.2 Å². The zero-order valence-corrected chi connectivity index (χ0v) is 12.4. The summed E-state index contributed by atoms with van der Waals surface area (Å²) in [4.78, 5) is 0.669. The summed E-state index contributed by atoms with van der Waals surface area (Å²) in [5, 5.41) is 3.26. The van der Waals surface area contributed by atoms with E-state index in [1.807, 2.05) is 37.4 Å². The van der Waals surface area contributed by atoms with Gasteiger partial charge in [-0.25, -0.2) is 4.39 Å². The Morgan fingerprint density at radius 3 is 2.55 bits per heavy atom. The minimum Gasteiger partial charge on any atom is -0.496 e. The first-order chi connectivity index (χ1) is 9.76. The number of ether oxygens (including phenoxy) is 1. The molecule has 0 saturated heterocycles. The van der Waals surface area contributed by atoms with Crippen molar-refractivity contribution in [2.75, 3.05) is 19.9 Å². The fourth-order valence-corrected chi connectivity index (χ4v) is 3.09. The van der Waals surface area contributed by atoms with Crippen LogP contribution in [0.15, 0.2) is 53.4 Å². The van der Waals surface area contributed by atoms with Crippen molar-refractivity contribution >= 4 is 11.8 Å². The van der Waals surface area contributed by atoms with Crippen LogP contribution in [0.5, 0.6) is 5.75 Å². The van der Waals surface area contributed by atoms with E-state index in [2.05, 4.69) is 5.32 Å². The van der Waals surface area contributed by atoms with Gasteiger partial charge in [-0.05, 0) is 25.2 Å². The van der Waals surface area contributed by atoms with Gasteiger partial charge in [0.2, 0.25) is 0 Å². The topological polar surface area (TPSA) is 21.3 Å². The Kier molecular flexibility index (Phi) is 5.44. The molecule has 0 heterocycles. The van der Waals surface area contributed by atoms with E-state index in [0.29, 0.717) is 4.90 Å². The van der Waals surface area contributed by atoms with Gasteiger partial charge in [-0.15, -0.1) is 11.8 Å². The summed E-state index contributed by atoms with van der Waals surface area (Å²) in [6.45, 7) is 0. The monoisotopic (exact) mass is 291 g/mol. The minimum absolute atomic E-state index is 0.107. The van der Waals surface area contributed by atoms with Crippen molar-refractivity contribution < 1.29 is 9.13 Å². The van der Waals surface area contributed by atoms with E-state index < -0.39 is 0 Å². The zero-order valence-electron chi connectivity index (χ0n) is 11.6. The van der Waals surface area contributed by atoms with Gasteiger partial charge < -0.3 is 10.1 Å². The molecule has 2 rings (SSSR count). The number of methoxy groups -OCH3 is 1. The first-order valence-corrected chi connectivity index (χ1v) is 7.42. The van der Waals surface area contributed by atoms with Gasteiger partial charge in [0.25, 0.3) is 0 Å². The van der Waals surface area contributed by atoms with Gasteiger partial charge in [-0.3, -0.25) is 0 Å². The maximum Gasteiger partial charge on any atom is 0.136 e. The normalized spacial score (nSPS) is 12.2. The molecule has 20 heavy (non-hydrogen) atoms. The average Bonchev–Trinajstić information content (AvgIpc) is 2.50. The molecule has 2 nitrogen and oxygen atoms in total. The summed E-state index contributed by atoms with van der Waals surface area (Å²) in [7, 11) is 3.56. The number of thioether (sulfide) groups is 1. The van der Waals surface area contributed by atoms with Crippen LogP contribution in [-0.2, 0) is 0 Å². The summed E-state index contributed by atoms with van der Waals surface area (Å²) in [6.07, 6.45) is 0. The van der Waals surface area contributed by atoms with Gasteiger partial charge in [0.1, 0.15) is 11.6 Å². The second kappa shape index (κ2) is 7.31. The lowest BCUT2D eigenvalue weighted by Crippen LogP contribution is -2.19. The third kappa shape index (κ3) is 3.52. The minimum atomic E-state index is -0.174. The number of halogens is 1. The zero-order chi connectivity index (χ0) is 14.4. The molecule has 0 aliphatic heterocycles. The number of hydrogen-bond donors (Lipinski definition) is 1. The predicted octanol–water partition coefficient (Wildman–Crippen LogP) is 3.89. The molecule has 0 spiro atoms. The number of rotatable bonds is 6. The van der Waals surface area contributed by atoms with Crippen LogP contribution in [0, 0.1) is 5.82 Å². The first-order valence-electron chi connectivity index (χ1n) is 6.43. The molecule has 0 aliphatic rings. The van der Waals surface area contributed by atoms with E-state index in [-0.39, 0.29) is 11.9 Å². The highest BCUT2D eigenvalue weighted by atomic mass is 32.2. The predicted molar refractivity (Wildman–Crippen MR) is 81.9 cm³/mol. The summed E-state index contributed by atoms with van der Waals surface area (Å²) < 4.78 is 19.0. The molecule has 0 amide bonds. The summed E-state index contributed by atoms with van der Waals surface area (Å²) in [6, 6.07) is 14.8. The van der Waals surface area contributed by atoms with Crippen molar-refractivity contribution in [1.82, 2.24) is 5.32 Å². The highest BCUT2D eigenvalue weighted by Crippen LogP contribution is 2.30. The van der Waals surface area contributed by atoms with Crippen LogP contribution in [0.3, 0.4) is 0 Å². The second-order valence-corrected chi connectivity index (χ2v) is 5.39. The fourth-order valence-electron chi connectivity index (χ4n) is 2.02. The van der Waals surface area contributed by atoms with Gasteiger partial charge in [-0.2, -0.15) is 0 Å². The maximum atomic E-state index is 13.6. The molecule has 2 aromatic rings. The molecular weight excluding hydrogens is 273 g/mol. The van der Waals surface area contributed by atoms with Crippen LogP contribution in [0.2, 0.25) is 0 Å². The molecule has 0 aliphatic carbocycles. The molecule has 1 atom stereocenters. The molecule has 0 fully saturated rings. The number of para-hydroxylation sites is 1. The van der Waals surface area contributed by atoms with Gasteiger partial charge in [0.15, 0.2) is 0 Å². The molecule has 4 heteroatoms. The summed E-state index contributed by atoms with van der Waals surface area (Å²) in [5.74, 6) is 1.41. The number of hydrogen-bond acceptors (Lipinski definition) is 3. The van der Waals surface area contributed by atoms with Crippen molar-refractivity contribution in [1.29, 1.82) is 0 Å². The first kappa shape index (κ1) is 14.9. The smallest absolute Gasteiger partial charge is 0.136 e. The van der Waals surface area contributed by atoms with E-state index in [0.717, 1.165) is 17.1 Å². The molecule has 0 bridgehead atoms. The SMILES string of the molecule is CNC(CSc1ccccc1F)c1ccccc1OC. The largest absolute Gasteiger partial charge is 0.496 e. The third-order valence-corrected chi connectivity index (χ3v) is 4.25. The van der Waals surface area contributed by atoms with Crippen molar-refractivity contribution in [2.24, 2.45) is 0 Å². The third-order valence-electron chi connectivity index (χ3n) is 3.10. The van der Waals surface area contributed by atoms with E-state index in [9.17, 15) is 4.39 Å². The van der Waals surface area contributed by atoms with Crippen LogP contribution in [0.1, 0.15) is 11.6 Å². The molecule has 1 unspecified atom stereocenters. The van der Waals surface area contributed by atoms with Gasteiger partial charge in [0, 0.05) is 22.3 Å². The molecular formula is C16H18FNOS. The van der Waals surface area contributed by atoms with Crippen LogP contribution >= 0.6 is 11.8 Å². The number of benzene rings is 2. The van der Waals surface area contributed by atoms with Crippen LogP contribution in [0.25, 0.3) is 0 Å². The number of nitrogens with one attached hydrogen (secondary N) is 1. The van der Waals surface area contributed by atoms with Gasteiger partial charge in [-0.1, -0.05) is 30.3 Å². The molecule has 0 saturated carbocycles. The van der Waals surface area contributed by atoms with Crippen molar-refractivity contribution in [3.8, 4) is 5.75 Å². The van der Waals surface area contributed by atoms with E-state index >= 15 is 0 Å².